The number of carbonyl (C=O) groups is 2. The molecule has 3 aromatic rings. The van der Waals surface area contributed by atoms with Crippen molar-refractivity contribution in [3.8, 4) is 0 Å². The molecule has 1 aliphatic heterocycles. The van der Waals surface area contributed by atoms with Crippen LogP contribution in [0.5, 0.6) is 0 Å². The molecule has 0 N–H and O–H groups in total. The average Bonchev–Trinajstić information content (AvgIpc) is 3.06. The van der Waals surface area contributed by atoms with Crippen LogP contribution in [-0.2, 0) is 25.6 Å². The topological polar surface area (TPSA) is 73.7 Å². The standard InChI is InChI=1S/C24H20FN3O4/c1-31-23(29)20-8-3-4-11-27(22(20)24(30)32-2)19-9-10-21-17(13-19)14-26-28(21)15-16-6-5-7-18(25)12-16/h3-14H,15H2,1-2H3. The molecule has 0 radical (unpaired) electrons. The summed E-state index contributed by atoms with van der Waals surface area (Å²) < 4.78 is 25.1. The van der Waals surface area contributed by atoms with Crippen molar-refractivity contribution in [3.05, 3.63) is 95.7 Å². The van der Waals surface area contributed by atoms with Gasteiger partial charge in [0.05, 0.1) is 38.1 Å². The monoisotopic (exact) mass is 433 g/mol. The fourth-order valence-electron chi connectivity index (χ4n) is 3.52. The van der Waals surface area contributed by atoms with Crippen LogP contribution >= 0.6 is 0 Å². The highest BCUT2D eigenvalue weighted by Gasteiger charge is 2.27. The number of esters is 2. The van der Waals surface area contributed by atoms with Crippen molar-refractivity contribution in [2.75, 3.05) is 19.1 Å². The zero-order chi connectivity index (χ0) is 22.7. The minimum Gasteiger partial charge on any atom is -0.465 e. The number of allylic oxidation sites excluding steroid dienone is 2. The normalized spacial score (nSPS) is 13.4. The Kier molecular flexibility index (Phi) is 5.85. The van der Waals surface area contributed by atoms with E-state index in [1.807, 2.05) is 18.2 Å². The Bertz CT molecular complexity index is 1290. The predicted octanol–water partition coefficient (Wildman–Crippen LogP) is 3.71. The highest BCUT2D eigenvalue weighted by atomic mass is 19.1. The molecule has 0 saturated heterocycles. The second kappa shape index (κ2) is 8.89. The van der Waals surface area contributed by atoms with E-state index in [4.69, 9.17) is 9.47 Å². The molecule has 0 amide bonds. The van der Waals surface area contributed by atoms with Crippen molar-refractivity contribution in [2.45, 2.75) is 6.54 Å². The van der Waals surface area contributed by atoms with E-state index in [0.717, 1.165) is 16.5 Å². The molecular weight excluding hydrogens is 413 g/mol. The van der Waals surface area contributed by atoms with Gasteiger partial charge in [-0.05, 0) is 48.0 Å². The molecular formula is C24H20FN3O4. The lowest BCUT2D eigenvalue weighted by Crippen LogP contribution is -2.26. The number of ether oxygens (including phenoxy) is 2. The van der Waals surface area contributed by atoms with Gasteiger partial charge in [0.2, 0.25) is 0 Å². The number of methoxy groups -OCH3 is 2. The summed E-state index contributed by atoms with van der Waals surface area (Å²) in [6, 6.07) is 11.9. The average molecular weight is 433 g/mol. The van der Waals surface area contributed by atoms with Crippen molar-refractivity contribution in [1.82, 2.24) is 9.78 Å². The maximum atomic E-state index is 13.5. The van der Waals surface area contributed by atoms with E-state index in [9.17, 15) is 14.0 Å². The first-order chi connectivity index (χ1) is 15.5. The summed E-state index contributed by atoms with van der Waals surface area (Å²) in [6.07, 6.45) is 8.21. The smallest absolute Gasteiger partial charge is 0.355 e. The summed E-state index contributed by atoms with van der Waals surface area (Å²) in [6.45, 7) is 0.411. The van der Waals surface area contributed by atoms with Gasteiger partial charge in [0.15, 0.2) is 0 Å². The molecule has 32 heavy (non-hydrogen) atoms. The number of nitrogens with zero attached hydrogens (tertiary/aromatic N) is 3. The lowest BCUT2D eigenvalue weighted by molar-refractivity contribution is -0.139. The Hall–Kier alpha value is -4.20. The van der Waals surface area contributed by atoms with Crippen LogP contribution in [0.4, 0.5) is 10.1 Å². The third kappa shape index (κ3) is 4.02. The number of hydrogen-bond donors (Lipinski definition) is 0. The molecule has 0 atom stereocenters. The van der Waals surface area contributed by atoms with E-state index < -0.39 is 11.9 Å². The first-order valence-electron chi connectivity index (χ1n) is 9.77. The minimum atomic E-state index is -0.677. The first-order valence-corrected chi connectivity index (χ1v) is 9.77. The number of carbonyl (C=O) groups excluding carboxylic acids is 2. The van der Waals surface area contributed by atoms with Crippen LogP contribution in [0.2, 0.25) is 0 Å². The van der Waals surface area contributed by atoms with E-state index >= 15 is 0 Å². The second-order valence-corrected chi connectivity index (χ2v) is 6.99. The van der Waals surface area contributed by atoms with Crippen LogP contribution in [0.1, 0.15) is 5.56 Å². The second-order valence-electron chi connectivity index (χ2n) is 6.99. The van der Waals surface area contributed by atoms with Crippen LogP contribution in [0.3, 0.4) is 0 Å². The highest BCUT2D eigenvalue weighted by Crippen LogP contribution is 2.29. The van der Waals surface area contributed by atoms with Crippen LogP contribution < -0.4 is 4.90 Å². The van der Waals surface area contributed by atoms with Gasteiger partial charge in [0, 0.05) is 17.3 Å². The zero-order valence-electron chi connectivity index (χ0n) is 17.5. The molecule has 0 unspecified atom stereocenters. The summed E-state index contributed by atoms with van der Waals surface area (Å²) in [5.41, 5.74) is 2.37. The maximum Gasteiger partial charge on any atom is 0.355 e. The predicted molar refractivity (Wildman–Crippen MR) is 117 cm³/mol. The molecule has 0 spiro atoms. The number of anilines is 1. The molecule has 1 aromatic heterocycles. The lowest BCUT2D eigenvalue weighted by Gasteiger charge is -2.23. The van der Waals surface area contributed by atoms with Gasteiger partial charge in [0.1, 0.15) is 11.5 Å². The number of halogens is 1. The maximum absolute atomic E-state index is 13.5. The van der Waals surface area contributed by atoms with Gasteiger partial charge in [-0.2, -0.15) is 5.10 Å². The number of hydrogen-bond acceptors (Lipinski definition) is 6. The van der Waals surface area contributed by atoms with Gasteiger partial charge < -0.3 is 14.4 Å². The van der Waals surface area contributed by atoms with Gasteiger partial charge in [-0.3, -0.25) is 4.68 Å². The third-order valence-corrected chi connectivity index (χ3v) is 5.01. The molecule has 0 aliphatic carbocycles. The summed E-state index contributed by atoms with van der Waals surface area (Å²) in [7, 11) is 2.50. The fourth-order valence-corrected chi connectivity index (χ4v) is 3.52. The molecule has 2 aromatic carbocycles. The van der Waals surface area contributed by atoms with Crippen molar-refractivity contribution in [3.63, 3.8) is 0 Å². The lowest BCUT2D eigenvalue weighted by atomic mass is 10.1. The molecule has 2 heterocycles. The number of fused-ring (bicyclic) bond motifs is 1. The largest absolute Gasteiger partial charge is 0.465 e. The van der Waals surface area contributed by atoms with E-state index in [1.165, 1.54) is 32.4 Å². The van der Waals surface area contributed by atoms with Gasteiger partial charge in [-0.1, -0.05) is 18.2 Å². The van der Waals surface area contributed by atoms with Crippen LogP contribution in [0.25, 0.3) is 10.9 Å². The van der Waals surface area contributed by atoms with Crippen molar-refractivity contribution < 1.29 is 23.5 Å². The number of aromatic nitrogens is 2. The van der Waals surface area contributed by atoms with Crippen molar-refractivity contribution in [1.29, 1.82) is 0 Å². The Morgan fingerprint density at radius 2 is 1.84 bits per heavy atom. The minimum absolute atomic E-state index is 0.0378. The van der Waals surface area contributed by atoms with Gasteiger partial charge in [-0.25, -0.2) is 14.0 Å². The zero-order valence-corrected chi connectivity index (χ0v) is 17.5. The molecule has 7 nitrogen and oxygen atoms in total. The molecule has 0 bridgehead atoms. The van der Waals surface area contributed by atoms with Crippen molar-refractivity contribution >= 4 is 28.5 Å². The first kappa shape index (κ1) is 21.0. The van der Waals surface area contributed by atoms with E-state index in [-0.39, 0.29) is 17.1 Å². The number of benzene rings is 2. The Morgan fingerprint density at radius 1 is 1.03 bits per heavy atom. The van der Waals surface area contributed by atoms with Gasteiger partial charge in [0.25, 0.3) is 0 Å². The van der Waals surface area contributed by atoms with E-state index in [0.29, 0.717) is 12.2 Å². The number of rotatable bonds is 5. The quantitative estimate of drug-likeness (QED) is 0.571. The van der Waals surface area contributed by atoms with Crippen LogP contribution in [0, 0.1) is 5.82 Å². The molecule has 0 fully saturated rings. The van der Waals surface area contributed by atoms with E-state index in [2.05, 4.69) is 5.10 Å². The molecule has 1 aliphatic rings. The highest BCUT2D eigenvalue weighted by molar-refractivity contribution is 6.05. The summed E-state index contributed by atoms with van der Waals surface area (Å²) >= 11 is 0. The fraction of sp³-hybridized carbons (Fsp3) is 0.125. The Balaban J connectivity index is 1.75. The summed E-state index contributed by atoms with van der Waals surface area (Å²) in [5, 5.41) is 5.23. The van der Waals surface area contributed by atoms with Crippen molar-refractivity contribution in [2.24, 2.45) is 0 Å². The third-order valence-electron chi connectivity index (χ3n) is 5.01. The van der Waals surface area contributed by atoms with Crippen LogP contribution in [-0.4, -0.2) is 35.9 Å². The molecule has 8 heteroatoms. The summed E-state index contributed by atoms with van der Waals surface area (Å²) in [4.78, 5) is 26.5. The molecule has 4 rings (SSSR count). The SMILES string of the molecule is COC(=O)C1=C(C(=O)OC)N(c2ccc3c(cnn3Cc3cccc(F)c3)c2)C=CC=C1. The molecule has 0 saturated carbocycles. The van der Waals surface area contributed by atoms with Gasteiger partial charge in [-0.15, -0.1) is 0 Å². The summed E-state index contributed by atoms with van der Waals surface area (Å²) in [5.74, 6) is -1.63. The Labute approximate surface area is 183 Å². The van der Waals surface area contributed by atoms with Gasteiger partial charge >= 0.3 is 11.9 Å². The van der Waals surface area contributed by atoms with E-state index in [1.54, 1.807) is 46.3 Å². The Morgan fingerprint density at radius 3 is 2.59 bits per heavy atom. The molecule has 162 valence electrons. The van der Waals surface area contributed by atoms with Crippen LogP contribution in [0.15, 0.2) is 84.4 Å².